The largest absolute Gasteiger partial charge is 0.454 e. The fourth-order valence-corrected chi connectivity index (χ4v) is 2.50. The Morgan fingerprint density at radius 1 is 1.12 bits per heavy atom. The van der Waals surface area contributed by atoms with Crippen LogP contribution in [0, 0.1) is 0 Å². The molecule has 0 amide bonds. The van der Waals surface area contributed by atoms with Crippen LogP contribution in [-0.4, -0.2) is 26.4 Å². The van der Waals surface area contributed by atoms with Crippen LogP contribution in [0.1, 0.15) is 11.1 Å². The Balaban J connectivity index is 1.56. The summed E-state index contributed by atoms with van der Waals surface area (Å²) in [7, 11) is 1.64. The van der Waals surface area contributed by atoms with Crippen LogP contribution in [0.3, 0.4) is 0 Å². The van der Waals surface area contributed by atoms with Crippen molar-refractivity contribution in [1.29, 1.82) is 0 Å². The molecule has 1 heterocycles. The molecule has 26 heavy (non-hydrogen) atoms. The lowest BCUT2D eigenvalue weighted by Gasteiger charge is -2.14. The number of halogens is 2. The van der Waals surface area contributed by atoms with Crippen molar-refractivity contribution >= 4 is 5.96 Å². The highest BCUT2D eigenvalue weighted by molar-refractivity contribution is 5.79. The number of ether oxygens (including phenoxy) is 3. The van der Waals surface area contributed by atoms with Crippen molar-refractivity contribution in [3.05, 3.63) is 53.6 Å². The summed E-state index contributed by atoms with van der Waals surface area (Å²) in [6.07, 6.45) is 0. The molecule has 2 aromatic carbocycles. The number of rotatable bonds is 6. The van der Waals surface area contributed by atoms with Gasteiger partial charge < -0.3 is 24.8 Å². The first-order valence-electron chi connectivity index (χ1n) is 8.01. The van der Waals surface area contributed by atoms with Gasteiger partial charge in [-0.1, -0.05) is 24.3 Å². The molecule has 0 spiro atoms. The molecule has 0 saturated carbocycles. The fourth-order valence-electron chi connectivity index (χ4n) is 2.50. The molecule has 0 atom stereocenters. The summed E-state index contributed by atoms with van der Waals surface area (Å²) in [5, 5.41) is 6.24. The van der Waals surface area contributed by atoms with Gasteiger partial charge in [0.05, 0.1) is 0 Å². The number of aliphatic imine (C=N–C) groups is 1. The minimum Gasteiger partial charge on any atom is -0.454 e. The first-order valence-corrected chi connectivity index (χ1v) is 8.01. The Kier molecular flexibility index (Phi) is 5.73. The summed E-state index contributed by atoms with van der Waals surface area (Å²) in [5.74, 6) is 2.12. The first-order chi connectivity index (χ1) is 12.7. The van der Waals surface area contributed by atoms with E-state index in [4.69, 9.17) is 9.47 Å². The summed E-state index contributed by atoms with van der Waals surface area (Å²) in [4.78, 5) is 4.13. The molecule has 0 aliphatic carbocycles. The van der Waals surface area contributed by atoms with E-state index in [-0.39, 0.29) is 12.5 Å². The highest BCUT2D eigenvalue weighted by Crippen LogP contribution is 2.32. The van der Waals surface area contributed by atoms with E-state index in [1.165, 1.54) is 6.07 Å². The van der Waals surface area contributed by atoms with Crippen LogP contribution in [0.15, 0.2) is 47.5 Å². The van der Waals surface area contributed by atoms with E-state index in [0.717, 1.165) is 11.3 Å². The van der Waals surface area contributed by atoms with Crippen LogP contribution in [0.25, 0.3) is 0 Å². The average molecular weight is 363 g/mol. The highest BCUT2D eigenvalue weighted by atomic mass is 19.3. The predicted octanol–water partition coefficient (Wildman–Crippen LogP) is 2.88. The smallest absolute Gasteiger partial charge is 0.387 e. The van der Waals surface area contributed by atoms with Crippen molar-refractivity contribution in [3.63, 3.8) is 0 Å². The van der Waals surface area contributed by atoms with Gasteiger partial charge in [0, 0.05) is 25.7 Å². The van der Waals surface area contributed by atoms with Gasteiger partial charge in [0.25, 0.3) is 0 Å². The van der Waals surface area contributed by atoms with Crippen LogP contribution in [0.4, 0.5) is 8.78 Å². The van der Waals surface area contributed by atoms with E-state index in [2.05, 4.69) is 20.4 Å². The Hall–Kier alpha value is -3.03. The molecule has 8 heteroatoms. The number of para-hydroxylation sites is 1. The summed E-state index contributed by atoms with van der Waals surface area (Å²) in [6, 6.07) is 12.3. The van der Waals surface area contributed by atoms with E-state index in [0.29, 0.717) is 30.4 Å². The van der Waals surface area contributed by atoms with Crippen molar-refractivity contribution in [1.82, 2.24) is 10.6 Å². The molecule has 1 aliphatic heterocycles. The molecule has 1 aliphatic rings. The Morgan fingerprint density at radius 2 is 1.88 bits per heavy atom. The van der Waals surface area contributed by atoms with Gasteiger partial charge in [-0.15, -0.1) is 0 Å². The number of benzene rings is 2. The van der Waals surface area contributed by atoms with E-state index in [1.807, 2.05) is 18.2 Å². The molecular weight excluding hydrogens is 344 g/mol. The number of nitrogens with zero attached hydrogens (tertiary/aromatic N) is 1. The summed E-state index contributed by atoms with van der Waals surface area (Å²) in [6.45, 7) is -1.82. The molecule has 0 bridgehead atoms. The van der Waals surface area contributed by atoms with Gasteiger partial charge in [0.2, 0.25) is 6.79 Å². The van der Waals surface area contributed by atoms with Crippen LogP contribution >= 0.6 is 0 Å². The molecule has 2 N–H and O–H groups in total. The minimum atomic E-state index is -2.86. The van der Waals surface area contributed by atoms with Crippen molar-refractivity contribution in [3.8, 4) is 17.2 Å². The SMILES string of the molecule is CN=C(NCc1ccc2c(c1)OCO2)NCc1ccccc1OC(F)F. The van der Waals surface area contributed by atoms with Gasteiger partial charge in [-0.05, 0) is 23.8 Å². The lowest BCUT2D eigenvalue weighted by atomic mass is 10.2. The lowest BCUT2D eigenvalue weighted by molar-refractivity contribution is -0.0504. The van der Waals surface area contributed by atoms with Crippen molar-refractivity contribution in [2.45, 2.75) is 19.7 Å². The molecule has 6 nitrogen and oxygen atoms in total. The highest BCUT2D eigenvalue weighted by Gasteiger charge is 2.13. The number of fused-ring (bicyclic) bond motifs is 1. The van der Waals surface area contributed by atoms with Gasteiger partial charge in [-0.3, -0.25) is 4.99 Å². The van der Waals surface area contributed by atoms with Crippen LogP contribution in [0.2, 0.25) is 0 Å². The maximum absolute atomic E-state index is 12.5. The number of hydrogen-bond donors (Lipinski definition) is 2. The molecular formula is C18H19F2N3O3. The second kappa shape index (κ2) is 8.37. The maximum atomic E-state index is 12.5. The van der Waals surface area contributed by atoms with Gasteiger partial charge in [-0.25, -0.2) is 0 Å². The zero-order valence-electron chi connectivity index (χ0n) is 14.2. The quantitative estimate of drug-likeness (QED) is 0.610. The lowest BCUT2D eigenvalue weighted by Crippen LogP contribution is -2.36. The van der Waals surface area contributed by atoms with Crippen molar-refractivity contribution in [2.75, 3.05) is 13.8 Å². The number of nitrogens with one attached hydrogen (secondary N) is 2. The normalized spacial score (nSPS) is 13.0. The third-order valence-corrected chi connectivity index (χ3v) is 3.76. The molecule has 0 fully saturated rings. The monoisotopic (exact) mass is 363 g/mol. The molecule has 3 rings (SSSR count). The van der Waals surface area contributed by atoms with E-state index in [9.17, 15) is 8.78 Å². The van der Waals surface area contributed by atoms with E-state index < -0.39 is 6.61 Å². The average Bonchev–Trinajstić information content (AvgIpc) is 3.10. The zero-order valence-corrected chi connectivity index (χ0v) is 14.2. The second-order valence-electron chi connectivity index (χ2n) is 5.45. The Morgan fingerprint density at radius 3 is 2.69 bits per heavy atom. The minimum absolute atomic E-state index is 0.140. The number of guanidine groups is 1. The third kappa shape index (κ3) is 4.53. The first kappa shape index (κ1) is 17.8. The molecule has 0 unspecified atom stereocenters. The van der Waals surface area contributed by atoms with Crippen molar-refractivity contribution in [2.24, 2.45) is 4.99 Å². The standard InChI is InChI=1S/C18H19F2N3O3/c1-21-18(22-9-12-6-7-15-16(8-12)25-11-24-15)23-10-13-4-2-3-5-14(13)26-17(19)20/h2-8,17H,9-11H2,1H3,(H2,21,22,23). The number of hydrogen-bond acceptors (Lipinski definition) is 4. The molecule has 0 radical (unpaired) electrons. The topological polar surface area (TPSA) is 64.1 Å². The van der Waals surface area contributed by atoms with Crippen molar-refractivity contribution < 1.29 is 23.0 Å². The summed E-state index contributed by atoms with van der Waals surface area (Å²) >= 11 is 0. The van der Waals surface area contributed by atoms with E-state index >= 15 is 0 Å². The molecule has 138 valence electrons. The molecule has 0 saturated heterocycles. The number of alkyl halides is 2. The summed E-state index contributed by atoms with van der Waals surface area (Å²) < 4.78 is 40.1. The molecule has 0 aromatic heterocycles. The van der Waals surface area contributed by atoms with Gasteiger partial charge in [0.1, 0.15) is 5.75 Å². The zero-order chi connectivity index (χ0) is 18.4. The van der Waals surface area contributed by atoms with Gasteiger partial charge in [-0.2, -0.15) is 8.78 Å². The molecule has 2 aromatic rings. The Labute approximate surface area is 149 Å². The predicted molar refractivity (Wildman–Crippen MR) is 92.7 cm³/mol. The van der Waals surface area contributed by atoms with Gasteiger partial charge >= 0.3 is 6.61 Å². The Bertz CT molecular complexity index is 784. The van der Waals surface area contributed by atoms with Crippen LogP contribution in [-0.2, 0) is 13.1 Å². The second-order valence-corrected chi connectivity index (χ2v) is 5.45. The fraction of sp³-hybridized carbons (Fsp3) is 0.278. The third-order valence-electron chi connectivity index (χ3n) is 3.76. The maximum Gasteiger partial charge on any atom is 0.387 e. The van der Waals surface area contributed by atoms with Gasteiger partial charge in [0.15, 0.2) is 17.5 Å². The van der Waals surface area contributed by atoms with Crippen LogP contribution in [0.5, 0.6) is 17.2 Å². The summed E-state index contributed by atoms with van der Waals surface area (Å²) in [5.41, 5.74) is 1.61. The van der Waals surface area contributed by atoms with Crippen LogP contribution < -0.4 is 24.8 Å². The van der Waals surface area contributed by atoms with E-state index in [1.54, 1.807) is 25.2 Å².